The van der Waals surface area contributed by atoms with E-state index in [0.717, 1.165) is 9.35 Å². The fourth-order valence-corrected chi connectivity index (χ4v) is 3.07. The number of nitrogens with one attached hydrogen (secondary N) is 3. The summed E-state index contributed by atoms with van der Waals surface area (Å²) in [6.45, 7) is 2.09. The van der Waals surface area contributed by atoms with Crippen molar-refractivity contribution in [1.82, 2.24) is 10.3 Å². The first-order chi connectivity index (χ1) is 9.47. The summed E-state index contributed by atoms with van der Waals surface area (Å²) in [4.78, 5) is 26.4. The third kappa shape index (κ3) is 3.40. The second-order valence-corrected chi connectivity index (χ2v) is 5.90. The maximum absolute atomic E-state index is 11.8. The highest BCUT2D eigenvalue weighted by Crippen LogP contribution is 2.22. The molecule has 0 saturated carbocycles. The van der Waals surface area contributed by atoms with E-state index in [4.69, 9.17) is 5.11 Å². The van der Waals surface area contributed by atoms with Gasteiger partial charge in [0.1, 0.15) is 5.69 Å². The molecule has 0 aliphatic carbocycles. The van der Waals surface area contributed by atoms with Gasteiger partial charge in [-0.2, -0.15) is 0 Å². The summed E-state index contributed by atoms with van der Waals surface area (Å²) >= 11 is 4.89. The third-order valence-corrected chi connectivity index (χ3v) is 4.44. The van der Waals surface area contributed by atoms with E-state index >= 15 is 0 Å². The van der Waals surface area contributed by atoms with Gasteiger partial charge in [-0.1, -0.05) is 0 Å². The molecule has 0 saturated heterocycles. The minimum atomic E-state index is -1.12. The van der Waals surface area contributed by atoms with Crippen molar-refractivity contribution in [3.8, 4) is 0 Å². The number of aromatic carboxylic acids is 1. The van der Waals surface area contributed by atoms with Gasteiger partial charge in [0.15, 0.2) is 0 Å². The van der Waals surface area contributed by atoms with Crippen LogP contribution in [-0.4, -0.2) is 22.1 Å². The van der Waals surface area contributed by atoms with Crippen LogP contribution >= 0.6 is 27.3 Å². The lowest BCUT2D eigenvalue weighted by Crippen LogP contribution is -2.28. The molecule has 0 radical (unpaired) electrons. The lowest BCUT2D eigenvalue weighted by Gasteiger charge is -2.06. The Kier molecular flexibility index (Phi) is 4.46. The van der Waals surface area contributed by atoms with Gasteiger partial charge in [0.2, 0.25) is 0 Å². The van der Waals surface area contributed by atoms with Crippen LogP contribution in [-0.2, 0) is 6.54 Å². The Bertz CT molecular complexity index is 650. The molecular weight excluding hydrogens is 346 g/mol. The normalized spacial score (nSPS) is 10.3. The number of carbonyl (C=O) groups is 2. The van der Waals surface area contributed by atoms with Crippen LogP contribution in [0, 0.1) is 6.92 Å². The lowest BCUT2D eigenvalue weighted by atomic mass is 10.3. The highest BCUT2D eigenvalue weighted by molar-refractivity contribution is 9.10. The van der Waals surface area contributed by atoms with Crippen LogP contribution < -0.4 is 10.6 Å². The van der Waals surface area contributed by atoms with Crippen LogP contribution in [0.15, 0.2) is 22.0 Å². The van der Waals surface area contributed by atoms with Crippen molar-refractivity contribution in [2.45, 2.75) is 13.5 Å². The maximum Gasteiger partial charge on any atom is 0.354 e. The molecule has 20 heavy (non-hydrogen) atoms. The summed E-state index contributed by atoms with van der Waals surface area (Å²) in [5, 5.41) is 16.1. The molecule has 0 atom stereocenters. The maximum atomic E-state index is 11.8. The van der Waals surface area contributed by atoms with Gasteiger partial charge < -0.3 is 20.7 Å². The molecule has 0 aliphatic heterocycles. The van der Waals surface area contributed by atoms with Crippen LogP contribution in [0.4, 0.5) is 10.5 Å². The van der Waals surface area contributed by atoms with Crippen LogP contribution in [0.25, 0.3) is 0 Å². The monoisotopic (exact) mass is 357 g/mol. The SMILES string of the molecule is Cc1cc(NC(=O)NCc2sccc2Br)c(C(=O)O)[nH]1. The first-order valence-electron chi connectivity index (χ1n) is 5.67. The summed E-state index contributed by atoms with van der Waals surface area (Å²) in [6.07, 6.45) is 0. The minimum Gasteiger partial charge on any atom is -0.477 e. The van der Waals surface area contributed by atoms with E-state index in [1.807, 2.05) is 11.4 Å². The number of thiophene rings is 1. The predicted molar refractivity (Wildman–Crippen MR) is 80.4 cm³/mol. The minimum absolute atomic E-state index is 0.0324. The largest absolute Gasteiger partial charge is 0.477 e. The summed E-state index contributed by atoms with van der Waals surface area (Å²) < 4.78 is 0.937. The van der Waals surface area contributed by atoms with Crippen molar-refractivity contribution in [3.05, 3.63) is 38.3 Å². The topological polar surface area (TPSA) is 94.2 Å². The van der Waals surface area contributed by atoms with E-state index in [0.29, 0.717) is 12.2 Å². The van der Waals surface area contributed by atoms with Gasteiger partial charge in [-0.15, -0.1) is 11.3 Å². The van der Waals surface area contributed by atoms with Crippen molar-refractivity contribution >= 4 is 45.0 Å². The van der Waals surface area contributed by atoms with E-state index in [1.165, 1.54) is 11.3 Å². The third-order valence-electron chi connectivity index (χ3n) is 2.51. The molecular formula is C12H12BrN3O3S. The van der Waals surface area contributed by atoms with E-state index in [2.05, 4.69) is 31.5 Å². The number of aromatic nitrogens is 1. The van der Waals surface area contributed by atoms with Gasteiger partial charge in [-0.3, -0.25) is 0 Å². The molecule has 2 rings (SSSR count). The Balaban J connectivity index is 1.98. The average molecular weight is 358 g/mol. The molecule has 0 aliphatic rings. The number of urea groups is 1. The van der Waals surface area contributed by atoms with Crippen molar-refractivity contribution in [2.24, 2.45) is 0 Å². The molecule has 2 aromatic rings. The number of aromatic amines is 1. The van der Waals surface area contributed by atoms with Gasteiger partial charge in [0.05, 0.1) is 12.2 Å². The number of amides is 2. The average Bonchev–Trinajstić information content (AvgIpc) is 2.93. The van der Waals surface area contributed by atoms with Crippen molar-refractivity contribution in [1.29, 1.82) is 0 Å². The Morgan fingerprint density at radius 2 is 2.25 bits per heavy atom. The molecule has 0 fully saturated rings. The summed E-state index contributed by atoms with van der Waals surface area (Å²) in [7, 11) is 0. The summed E-state index contributed by atoms with van der Waals surface area (Å²) in [6, 6.07) is 3.02. The molecule has 2 heterocycles. The van der Waals surface area contributed by atoms with Crippen LogP contribution in [0.3, 0.4) is 0 Å². The zero-order valence-corrected chi connectivity index (χ0v) is 12.9. The van der Waals surface area contributed by atoms with Gasteiger partial charge in [-0.25, -0.2) is 9.59 Å². The number of carboxylic acid groups (broad SMARTS) is 1. The number of aryl methyl sites for hydroxylation is 1. The molecule has 8 heteroatoms. The van der Waals surface area contributed by atoms with E-state index in [-0.39, 0.29) is 11.4 Å². The molecule has 0 unspecified atom stereocenters. The molecule has 6 nitrogen and oxygen atoms in total. The van der Waals surface area contributed by atoms with Gasteiger partial charge >= 0.3 is 12.0 Å². The Hall–Kier alpha value is -1.80. The van der Waals surface area contributed by atoms with Crippen LogP contribution in [0.5, 0.6) is 0 Å². The highest BCUT2D eigenvalue weighted by Gasteiger charge is 2.15. The number of carbonyl (C=O) groups excluding carboxylic acids is 1. The summed E-state index contributed by atoms with van der Waals surface area (Å²) in [5.41, 5.74) is 0.881. The number of hydrogen-bond donors (Lipinski definition) is 4. The number of anilines is 1. The molecule has 4 N–H and O–H groups in total. The van der Waals surface area contributed by atoms with Gasteiger partial charge in [-0.05, 0) is 40.4 Å². The molecule has 2 amide bonds. The van der Waals surface area contributed by atoms with Crippen molar-refractivity contribution < 1.29 is 14.7 Å². The quantitative estimate of drug-likeness (QED) is 0.676. The zero-order valence-electron chi connectivity index (χ0n) is 10.5. The molecule has 2 aromatic heterocycles. The summed E-state index contributed by atoms with van der Waals surface area (Å²) in [5.74, 6) is -1.12. The molecule has 0 bridgehead atoms. The van der Waals surface area contributed by atoms with E-state index < -0.39 is 12.0 Å². The highest BCUT2D eigenvalue weighted by atomic mass is 79.9. The van der Waals surface area contributed by atoms with Crippen molar-refractivity contribution in [2.75, 3.05) is 5.32 Å². The Labute approximate surface area is 127 Å². The Morgan fingerprint density at radius 1 is 1.50 bits per heavy atom. The lowest BCUT2D eigenvalue weighted by molar-refractivity contribution is 0.0692. The second-order valence-electron chi connectivity index (χ2n) is 4.05. The first-order valence-corrected chi connectivity index (χ1v) is 7.34. The van der Waals surface area contributed by atoms with E-state index in [1.54, 1.807) is 13.0 Å². The number of rotatable bonds is 4. The van der Waals surface area contributed by atoms with Crippen LogP contribution in [0.2, 0.25) is 0 Å². The first kappa shape index (κ1) is 14.6. The van der Waals surface area contributed by atoms with Gasteiger partial charge in [0, 0.05) is 15.0 Å². The number of hydrogen-bond acceptors (Lipinski definition) is 3. The Morgan fingerprint density at radius 3 is 2.85 bits per heavy atom. The van der Waals surface area contributed by atoms with Crippen molar-refractivity contribution in [3.63, 3.8) is 0 Å². The number of halogens is 1. The predicted octanol–water partition coefficient (Wildman–Crippen LogP) is 3.17. The van der Waals surface area contributed by atoms with Crippen LogP contribution in [0.1, 0.15) is 21.1 Å². The molecule has 106 valence electrons. The standard InChI is InChI=1S/C12H12BrN3O3S/c1-6-4-8(10(15-6)11(17)18)16-12(19)14-5-9-7(13)2-3-20-9/h2-4,15H,5H2,1H3,(H,17,18)(H2,14,16,19). The fraction of sp³-hybridized carbons (Fsp3) is 0.167. The zero-order chi connectivity index (χ0) is 14.7. The second kappa shape index (κ2) is 6.10. The number of carboxylic acids is 1. The smallest absolute Gasteiger partial charge is 0.354 e. The number of H-pyrrole nitrogens is 1. The molecule has 0 spiro atoms. The molecule has 0 aromatic carbocycles. The van der Waals surface area contributed by atoms with Gasteiger partial charge in [0.25, 0.3) is 0 Å². The van der Waals surface area contributed by atoms with E-state index in [9.17, 15) is 9.59 Å². The fourth-order valence-electron chi connectivity index (χ4n) is 1.63.